The molecule has 2 heteroatoms. The first-order chi connectivity index (χ1) is 8.58. The molecule has 0 aromatic heterocycles. The van der Waals surface area contributed by atoms with E-state index in [1.54, 1.807) is 0 Å². The molecule has 0 aliphatic carbocycles. The van der Waals surface area contributed by atoms with Crippen molar-refractivity contribution in [1.29, 1.82) is 0 Å². The highest BCUT2D eigenvalue weighted by molar-refractivity contribution is 6.31. The summed E-state index contributed by atoms with van der Waals surface area (Å²) in [5, 5.41) is 0.812. The largest absolute Gasteiger partial charge is 0.328 e. The van der Waals surface area contributed by atoms with E-state index in [2.05, 4.69) is 30.3 Å². The van der Waals surface area contributed by atoms with Gasteiger partial charge in [0.25, 0.3) is 0 Å². The number of hydrogen-bond donors (Lipinski definition) is 1. The molecular formula is C16H18ClN. The maximum atomic E-state index is 6.15. The topological polar surface area (TPSA) is 26.0 Å². The molecule has 2 N–H and O–H groups in total. The molecule has 94 valence electrons. The second-order valence-corrected chi connectivity index (χ2v) is 5.20. The summed E-state index contributed by atoms with van der Waals surface area (Å²) in [5.41, 5.74) is 10.6. The Labute approximate surface area is 114 Å². The SMILES string of the molecule is Cc1c(Cl)cccc1-c1ccc(CC(C)N)cc1. The summed E-state index contributed by atoms with van der Waals surface area (Å²) in [6.45, 7) is 4.07. The lowest BCUT2D eigenvalue weighted by molar-refractivity contribution is 0.738. The fraction of sp³-hybridized carbons (Fsp3) is 0.250. The third-order valence-electron chi connectivity index (χ3n) is 3.09. The van der Waals surface area contributed by atoms with Crippen LogP contribution in [0.1, 0.15) is 18.1 Å². The molecule has 0 amide bonds. The number of rotatable bonds is 3. The average Bonchev–Trinajstić information content (AvgIpc) is 2.33. The van der Waals surface area contributed by atoms with Gasteiger partial charge in [0.1, 0.15) is 0 Å². The van der Waals surface area contributed by atoms with Crippen molar-refractivity contribution in [3.05, 3.63) is 58.6 Å². The highest BCUT2D eigenvalue weighted by Gasteiger charge is 2.05. The minimum absolute atomic E-state index is 0.198. The zero-order chi connectivity index (χ0) is 13.1. The van der Waals surface area contributed by atoms with Gasteiger partial charge in [0.2, 0.25) is 0 Å². The molecule has 0 fully saturated rings. The third kappa shape index (κ3) is 2.92. The normalized spacial score (nSPS) is 12.4. The maximum absolute atomic E-state index is 6.15. The van der Waals surface area contributed by atoms with Gasteiger partial charge in [-0.1, -0.05) is 48.0 Å². The zero-order valence-corrected chi connectivity index (χ0v) is 11.5. The highest BCUT2D eigenvalue weighted by Crippen LogP contribution is 2.28. The van der Waals surface area contributed by atoms with Gasteiger partial charge in [0, 0.05) is 11.1 Å². The summed E-state index contributed by atoms with van der Waals surface area (Å²) < 4.78 is 0. The van der Waals surface area contributed by atoms with E-state index in [9.17, 15) is 0 Å². The van der Waals surface area contributed by atoms with Gasteiger partial charge in [0.15, 0.2) is 0 Å². The van der Waals surface area contributed by atoms with Crippen LogP contribution in [0.15, 0.2) is 42.5 Å². The van der Waals surface area contributed by atoms with Gasteiger partial charge >= 0.3 is 0 Å². The fourth-order valence-electron chi connectivity index (χ4n) is 2.11. The Morgan fingerprint density at radius 3 is 2.39 bits per heavy atom. The van der Waals surface area contributed by atoms with Crippen molar-refractivity contribution in [3.63, 3.8) is 0 Å². The molecule has 0 saturated carbocycles. The molecule has 0 saturated heterocycles. The number of benzene rings is 2. The number of halogens is 1. The minimum Gasteiger partial charge on any atom is -0.328 e. The highest BCUT2D eigenvalue weighted by atomic mass is 35.5. The summed E-state index contributed by atoms with van der Waals surface area (Å²) in [4.78, 5) is 0. The third-order valence-corrected chi connectivity index (χ3v) is 3.50. The minimum atomic E-state index is 0.198. The zero-order valence-electron chi connectivity index (χ0n) is 10.8. The van der Waals surface area contributed by atoms with Crippen LogP contribution < -0.4 is 5.73 Å². The Balaban J connectivity index is 2.32. The molecule has 0 aliphatic heterocycles. The van der Waals surface area contributed by atoms with Crippen molar-refractivity contribution >= 4 is 11.6 Å². The second kappa shape index (κ2) is 5.55. The first kappa shape index (κ1) is 13.1. The van der Waals surface area contributed by atoms with Crippen molar-refractivity contribution < 1.29 is 0 Å². The van der Waals surface area contributed by atoms with E-state index in [0.29, 0.717) is 0 Å². The standard InChI is InChI=1S/C16H18ClN/c1-11(18)10-13-6-8-14(9-7-13)15-4-3-5-16(17)12(15)2/h3-9,11H,10,18H2,1-2H3. The summed E-state index contributed by atoms with van der Waals surface area (Å²) in [5.74, 6) is 0. The predicted octanol–water partition coefficient (Wildman–Crippen LogP) is 4.21. The van der Waals surface area contributed by atoms with Crippen LogP contribution in [0.5, 0.6) is 0 Å². The Hall–Kier alpha value is -1.31. The molecule has 0 aliphatic rings. The van der Waals surface area contributed by atoms with Crippen LogP contribution in [0.4, 0.5) is 0 Å². The molecular weight excluding hydrogens is 242 g/mol. The van der Waals surface area contributed by atoms with Gasteiger partial charge in [-0.05, 0) is 48.6 Å². The second-order valence-electron chi connectivity index (χ2n) is 4.79. The average molecular weight is 260 g/mol. The summed E-state index contributed by atoms with van der Waals surface area (Å²) in [6, 6.07) is 14.8. The van der Waals surface area contributed by atoms with Gasteiger partial charge in [-0.2, -0.15) is 0 Å². The fourth-order valence-corrected chi connectivity index (χ4v) is 2.29. The Morgan fingerprint density at radius 2 is 1.78 bits per heavy atom. The van der Waals surface area contributed by atoms with Crippen molar-refractivity contribution in [2.75, 3.05) is 0 Å². The first-order valence-electron chi connectivity index (χ1n) is 6.18. The molecule has 0 bridgehead atoms. The molecule has 2 aromatic carbocycles. The summed E-state index contributed by atoms with van der Waals surface area (Å²) in [7, 11) is 0. The predicted molar refractivity (Wildman–Crippen MR) is 79.0 cm³/mol. The lowest BCUT2D eigenvalue weighted by Gasteiger charge is -2.09. The van der Waals surface area contributed by atoms with Gasteiger partial charge in [-0.25, -0.2) is 0 Å². The number of hydrogen-bond acceptors (Lipinski definition) is 1. The van der Waals surface area contributed by atoms with E-state index in [4.69, 9.17) is 17.3 Å². The van der Waals surface area contributed by atoms with E-state index in [1.165, 1.54) is 16.7 Å². The smallest absolute Gasteiger partial charge is 0.0441 e. The molecule has 0 radical (unpaired) electrons. The van der Waals surface area contributed by atoms with E-state index in [-0.39, 0.29) is 6.04 Å². The van der Waals surface area contributed by atoms with Crippen LogP contribution >= 0.6 is 11.6 Å². The van der Waals surface area contributed by atoms with Crippen LogP contribution in [0.25, 0.3) is 11.1 Å². The van der Waals surface area contributed by atoms with Crippen molar-refractivity contribution in [2.24, 2.45) is 5.73 Å². The van der Waals surface area contributed by atoms with Crippen LogP contribution in [0, 0.1) is 6.92 Å². The Kier molecular flexibility index (Phi) is 4.05. The van der Waals surface area contributed by atoms with Crippen molar-refractivity contribution in [1.82, 2.24) is 0 Å². The van der Waals surface area contributed by atoms with Crippen LogP contribution in [-0.2, 0) is 6.42 Å². The quantitative estimate of drug-likeness (QED) is 0.878. The van der Waals surface area contributed by atoms with Gasteiger partial charge < -0.3 is 5.73 Å². The molecule has 1 nitrogen and oxygen atoms in total. The molecule has 18 heavy (non-hydrogen) atoms. The van der Waals surface area contributed by atoms with Gasteiger partial charge in [-0.3, -0.25) is 0 Å². The van der Waals surface area contributed by atoms with Gasteiger partial charge in [-0.15, -0.1) is 0 Å². The molecule has 1 unspecified atom stereocenters. The molecule has 0 heterocycles. The molecule has 1 atom stereocenters. The van der Waals surface area contributed by atoms with E-state index in [0.717, 1.165) is 17.0 Å². The first-order valence-corrected chi connectivity index (χ1v) is 6.55. The molecule has 2 aromatic rings. The molecule has 0 spiro atoms. The van der Waals surface area contributed by atoms with Crippen molar-refractivity contribution in [2.45, 2.75) is 26.3 Å². The van der Waals surface area contributed by atoms with E-state index in [1.807, 2.05) is 26.0 Å². The summed E-state index contributed by atoms with van der Waals surface area (Å²) >= 11 is 6.15. The monoisotopic (exact) mass is 259 g/mol. The van der Waals surface area contributed by atoms with E-state index >= 15 is 0 Å². The van der Waals surface area contributed by atoms with Crippen LogP contribution in [0.2, 0.25) is 5.02 Å². The molecule has 2 rings (SSSR count). The Morgan fingerprint density at radius 1 is 1.11 bits per heavy atom. The maximum Gasteiger partial charge on any atom is 0.0441 e. The number of nitrogens with two attached hydrogens (primary N) is 1. The Bertz CT molecular complexity index is 529. The van der Waals surface area contributed by atoms with Crippen LogP contribution in [0.3, 0.4) is 0 Å². The van der Waals surface area contributed by atoms with Gasteiger partial charge in [0.05, 0.1) is 0 Å². The lowest BCUT2D eigenvalue weighted by atomic mass is 9.98. The van der Waals surface area contributed by atoms with E-state index < -0.39 is 0 Å². The summed E-state index contributed by atoms with van der Waals surface area (Å²) in [6.07, 6.45) is 0.912. The van der Waals surface area contributed by atoms with Crippen LogP contribution in [-0.4, -0.2) is 6.04 Å². The lowest BCUT2D eigenvalue weighted by Crippen LogP contribution is -2.17. The van der Waals surface area contributed by atoms with Crippen molar-refractivity contribution in [3.8, 4) is 11.1 Å².